The summed E-state index contributed by atoms with van der Waals surface area (Å²) in [5, 5.41) is 2.77. The zero-order valence-electron chi connectivity index (χ0n) is 12.9. The molecule has 0 aromatic heterocycles. The van der Waals surface area contributed by atoms with Gasteiger partial charge in [-0.3, -0.25) is 0 Å². The smallest absolute Gasteiger partial charge is 0.407 e. The molecule has 20 heavy (non-hydrogen) atoms. The van der Waals surface area contributed by atoms with E-state index < -0.39 is 11.7 Å². The Hall–Kier alpha value is -1.55. The second-order valence-electron chi connectivity index (χ2n) is 6.08. The Labute approximate surface area is 121 Å². The number of carbonyl (C=O) groups is 1. The van der Waals surface area contributed by atoms with E-state index in [4.69, 9.17) is 10.5 Å². The van der Waals surface area contributed by atoms with Gasteiger partial charge in [-0.1, -0.05) is 31.2 Å². The zero-order valence-corrected chi connectivity index (χ0v) is 12.9. The molecule has 112 valence electrons. The average molecular weight is 278 g/mol. The fourth-order valence-corrected chi connectivity index (χ4v) is 1.91. The average Bonchev–Trinajstić information content (AvgIpc) is 2.35. The van der Waals surface area contributed by atoms with Crippen LogP contribution in [0.5, 0.6) is 0 Å². The van der Waals surface area contributed by atoms with Crippen LogP contribution in [-0.2, 0) is 11.3 Å². The molecule has 0 heterocycles. The highest BCUT2D eigenvalue weighted by Gasteiger charge is 2.15. The van der Waals surface area contributed by atoms with Gasteiger partial charge in [0, 0.05) is 6.54 Å². The van der Waals surface area contributed by atoms with E-state index in [1.807, 2.05) is 32.9 Å². The van der Waals surface area contributed by atoms with Crippen LogP contribution in [0.1, 0.15) is 51.2 Å². The maximum Gasteiger partial charge on any atom is 0.407 e. The molecule has 1 unspecified atom stereocenters. The van der Waals surface area contributed by atoms with Crippen LogP contribution < -0.4 is 11.1 Å². The fourth-order valence-electron chi connectivity index (χ4n) is 1.91. The summed E-state index contributed by atoms with van der Waals surface area (Å²) in [5.74, 6) is 0.432. The lowest BCUT2D eigenvalue weighted by Gasteiger charge is -2.20. The molecule has 0 radical (unpaired) electrons. The van der Waals surface area contributed by atoms with E-state index in [-0.39, 0.29) is 0 Å². The number of alkyl carbamates (subject to hydrolysis) is 1. The third-order valence-corrected chi connectivity index (χ3v) is 2.96. The molecule has 0 aliphatic rings. The zero-order chi connectivity index (χ0) is 15.2. The predicted molar refractivity (Wildman–Crippen MR) is 81.6 cm³/mol. The molecule has 1 aromatic carbocycles. The molecule has 1 rings (SSSR count). The van der Waals surface area contributed by atoms with Gasteiger partial charge in [-0.15, -0.1) is 0 Å². The molecule has 0 fully saturated rings. The van der Waals surface area contributed by atoms with Gasteiger partial charge in [-0.05, 0) is 50.8 Å². The van der Waals surface area contributed by atoms with Gasteiger partial charge in [0.1, 0.15) is 5.60 Å². The van der Waals surface area contributed by atoms with Crippen molar-refractivity contribution in [1.29, 1.82) is 0 Å². The highest BCUT2D eigenvalue weighted by atomic mass is 16.6. The lowest BCUT2D eigenvalue weighted by Crippen LogP contribution is -2.32. The molecule has 0 spiro atoms. The second kappa shape index (κ2) is 7.29. The lowest BCUT2D eigenvalue weighted by molar-refractivity contribution is 0.0523. The van der Waals surface area contributed by atoms with Gasteiger partial charge in [0.2, 0.25) is 0 Å². The maximum absolute atomic E-state index is 11.6. The topological polar surface area (TPSA) is 64.3 Å². The number of hydrogen-bond donors (Lipinski definition) is 2. The number of nitrogens with one attached hydrogen (secondary N) is 1. The van der Waals surface area contributed by atoms with E-state index >= 15 is 0 Å². The van der Waals surface area contributed by atoms with Crippen molar-refractivity contribution in [2.75, 3.05) is 6.54 Å². The van der Waals surface area contributed by atoms with Crippen LogP contribution in [-0.4, -0.2) is 18.2 Å². The molecule has 1 amide bonds. The molecular weight excluding hydrogens is 252 g/mol. The van der Waals surface area contributed by atoms with Crippen molar-refractivity contribution in [2.45, 2.75) is 52.2 Å². The summed E-state index contributed by atoms with van der Waals surface area (Å²) in [6.45, 7) is 8.86. The van der Waals surface area contributed by atoms with Crippen molar-refractivity contribution in [2.24, 2.45) is 5.73 Å². The van der Waals surface area contributed by atoms with E-state index in [1.54, 1.807) is 0 Å². The van der Waals surface area contributed by atoms with E-state index in [1.165, 1.54) is 5.56 Å². The van der Waals surface area contributed by atoms with Crippen molar-refractivity contribution >= 4 is 6.09 Å². The summed E-state index contributed by atoms with van der Waals surface area (Å²) in [6, 6.07) is 8.21. The number of rotatable bonds is 5. The van der Waals surface area contributed by atoms with Crippen molar-refractivity contribution < 1.29 is 9.53 Å². The van der Waals surface area contributed by atoms with Gasteiger partial charge < -0.3 is 15.8 Å². The molecule has 3 N–H and O–H groups in total. The largest absolute Gasteiger partial charge is 0.444 e. The van der Waals surface area contributed by atoms with Crippen molar-refractivity contribution in [3.05, 3.63) is 35.4 Å². The first-order chi connectivity index (χ1) is 9.31. The minimum Gasteiger partial charge on any atom is -0.444 e. The summed E-state index contributed by atoms with van der Waals surface area (Å²) in [4.78, 5) is 11.6. The summed E-state index contributed by atoms with van der Waals surface area (Å²) in [7, 11) is 0. The summed E-state index contributed by atoms with van der Waals surface area (Å²) >= 11 is 0. The van der Waals surface area contributed by atoms with Gasteiger partial charge in [0.05, 0.1) is 0 Å². The van der Waals surface area contributed by atoms with Crippen LogP contribution in [0.25, 0.3) is 0 Å². The Morgan fingerprint density at radius 1 is 1.40 bits per heavy atom. The third kappa shape index (κ3) is 6.06. The molecule has 0 bridgehead atoms. The van der Waals surface area contributed by atoms with Crippen molar-refractivity contribution in [3.63, 3.8) is 0 Å². The standard InChI is InChI=1S/C16H26N2O2/c1-12(8-9-17)14-7-5-6-13(10-14)11-18-15(19)20-16(2,3)4/h5-7,10,12H,8-9,11,17H2,1-4H3,(H,18,19). The van der Waals surface area contributed by atoms with Gasteiger partial charge >= 0.3 is 6.09 Å². The summed E-state index contributed by atoms with van der Waals surface area (Å²) in [6.07, 6.45) is 0.570. The number of ether oxygens (including phenoxy) is 1. The van der Waals surface area contributed by atoms with Crippen LogP contribution in [0, 0.1) is 0 Å². The minimum atomic E-state index is -0.471. The SMILES string of the molecule is CC(CCN)c1cccc(CNC(=O)OC(C)(C)C)c1. The van der Waals surface area contributed by atoms with Gasteiger partial charge in [-0.2, -0.15) is 0 Å². The first-order valence-electron chi connectivity index (χ1n) is 7.07. The Kier molecular flexibility index (Phi) is 6.02. The van der Waals surface area contributed by atoms with Crippen molar-refractivity contribution in [1.82, 2.24) is 5.32 Å². The van der Waals surface area contributed by atoms with E-state index in [0.29, 0.717) is 19.0 Å². The Morgan fingerprint density at radius 3 is 2.70 bits per heavy atom. The highest BCUT2D eigenvalue weighted by molar-refractivity contribution is 5.67. The van der Waals surface area contributed by atoms with Crippen molar-refractivity contribution in [3.8, 4) is 0 Å². The van der Waals surface area contributed by atoms with E-state index in [9.17, 15) is 4.79 Å². The molecule has 1 aromatic rings. The Bertz CT molecular complexity index is 438. The first kappa shape index (κ1) is 16.5. The fraction of sp³-hybridized carbons (Fsp3) is 0.562. The summed E-state index contributed by atoms with van der Waals surface area (Å²) < 4.78 is 5.21. The monoisotopic (exact) mass is 278 g/mol. The lowest BCUT2D eigenvalue weighted by atomic mass is 9.96. The Morgan fingerprint density at radius 2 is 2.10 bits per heavy atom. The quantitative estimate of drug-likeness (QED) is 0.869. The van der Waals surface area contributed by atoms with Crippen LogP contribution in [0.3, 0.4) is 0 Å². The van der Waals surface area contributed by atoms with E-state index in [0.717, 1.165) is 12.0 Å². The second-order valence-corrected chi connectivity index (χ2v) is 6.08. The van der Waals surface area contributed by atoms with Crippen LogP contribution in [0.2, 0.25) is 0 Å². The molecule has 4 heteroatoms. The van der Waals surface area contributed by atoms with Crippen LogP contribution in [0.4, 0.5) is 4.79 Å². The van der Waals surface area contributed by atoms with Gasteiger partial charge in [-0.25, -0.2) is 4.79 Å². The normalized spacial score (nSPS) is 12.8. The molecule has 0 aliphatic heterocycles. The van der Waals surface area contributed by atoms with Crippen LogP contribution in [0.15, 0.2) is 24.3 Å². The number of amides is 1. The molecule has 0 saturated carbocycles. The van der Waals surface area contributed by atoms with Gasteiger partial charge in [0.15, 0.2) is 0 Å². The highest BCUT2D eigenvalue weighted by Crippen LogP contribution is 2.19. The Balaban J connectivity index is 2.56. The molecule has 0 aliphatic carbocycles. The maximum atomic E-state index is 11.6. The van der Waals surface area contributed by atoms with E-state index in [2.05, 4.69) is 24.4 Å². The molecule has 0 saturated heterocycles. The molecule has 4 nitrogen and oxygen atoms in total. The number of benzene rings is 1. The number of hydrogen-bond acceptors (Lipinski definition) is 3. The van der Waals surface area contributed by atoms with Gasteiger partial charge in [0.25, 0.3) is 0 Å². The first-order valence-corrected chi connectivity index (χ1v) is 7.07. The summed E-state index contributed by atoms with van der Waals surface area (Å²) in [5.41, 5.74) is 7.43. The van der Waals surface area contributed by atoms with Crippen LogP contribution >= 0.6 is 0 Å². The number of nitrogens with two attached hydrogens (primary N) is 1. The third-order valence-electron chi connectivity index (χ3n) is 2.96. The molecular formula is C16H26N2O2. The number of carbonyl (C=O) groups excluding carboxylic acids is 1. The predicted octanol–water partition coefficient (Wildman–Crippen LogP) is 3.16. The molecule has 1 atom stereocenters. The minimum absolute atomic E-state index is 0.391.